The van der Waals surface area contributed by atoms with Gasteiger partial charge in [0, 0.05) is 25.9 Å². The van der Waals surface area contributed by atoms with Gasteiger partial charge >= 0.3 is 8.80 Å². The molecule has 24 heavy (non-hydrogen) atoms. The standard InChI is InChI=1S/C20H44O3Si/c1-6-11-13-15-17-20(16-14-12-7-2)18-19-24(21-8-3,22-9-4)23-10-5/h20H,6-19H2,1-5H3. The third-order valence-corrected chi connectivity index (χ3v) is 7.72. The summed E-state index contributed by atoms with van der Waals surface area (Å²) in [6, 6.07) is 0.979. The lowest BCUT2D eigenvalue weighted by Gasteiger charge is -2.30. The molecule has 1 unspecified atom stereocenters. The first kappa shape index (κ1) is 24.1. The molecule has 0 aliphatic carbocycles. The summed E-state index contributed by atoms with van der Waals surface area (Å²) in [4.78, 5) is 0. The predicted molar refractivity (Wildman–Crippen MR) is 106 cm³/mol. The first-order valence-electron chi connectivity index (χ1n) is 10.6. The molecule has 4 heteroatoms. The molecule has 0 fully saturated rings. The number of unbranched alkanes of at least 4 members (excludes halogenated alkanes) is 5. The first-order chi connectivity index (χ1) is 11.7. The van der Waals surface area contributed by atoms with Crippen LogP contribution in [0.5, 0.6) is 0 Å². The topological polar surface area (TPSA) is 27.7 Å². The average molecular weight is 361 g/mol. The van der Waals surface area contributed by atoms with Crippen molar-refractivity contribution in [2.24, 2.45) is 5.92 Å². The van der Waals surface area contributed by atoms with E-state index in [2.05, 4.69) is 13.8 Å². The van der Waals surface area contributed by atoms with Crippen LogP contribution in [0.15, 0.2) is 0 Å². The van der Waals surface area contributed by atoms with Gasteiger partial charge in [0.05, 0.1) is 0 Å². The molecular weight excluding hydrogens is 316 g/mol. The van der Waals surface area contributed by atoms with Crippen LogP contribution in [0.3, 0.4) is 0 Å². The van der Waals surface area contributed by atoms with Crippen LogP contribution in [0.4, 0.5) is 0 Å². The van der Waals surface area contributed by atoms with Crippen molar-refractivity contribution < 1.29 is 13.3 Å². The predicted octanol–water partition coefficient (Wildman–Crippen LogP) is 6.59. The Labute approximate surface area is 153 Å². The molecule has 0 saturated carbocycles. The SMILES string of the molecule is CCCCCCC(CCCCC)CC[Si](OCC)(OCC)OCC. The molecule has 0 spiro atoms. The summed E-state index contributed by atoms with van der Waals surface area (Å²) in [5, 5.41) is 0. The van der Waals surface area contributed by atoms with Gasteiger partial charge in [-0.1, -0.05) is 71.6 Å². The molecule has 3 nitrogen and oxygen atoms in total. The Hall–Kier alpha value is 0.0969. The van der Waals surface area contributed by atoms with Crippen molar-refractivity contribution in [3.05, 3.63) is 0 Å². The lowest BCUT2D eigenvalue weighted by molar-refractivity contribution is 0.0692. The van der Waals surface area contributed by atoms with Crippen molar-refractivity contribution in [1.82, 2.24) is 0 Å². The minimum atomic E-state index is -2.46. The van der Waals surface area contributed by atoms with Crippen LogP contribution in [0, 0.1) is 5.92 Å². The van der Waals surface area contributed by atoms with Gasteiger partial charge in [0.1, 0.15) is 0 Å². The van der Waals surface area contributed by atoms with Gasteiger partial charge < -0.3 is 13.3 Å². The van der Waals surface area contributed by atoms with E-state index in [1.807, 2.05) is 20.8 Å². The van der Waals surface area contributed by atoms with E-state index in [0.717, 1.165) is 12.0 Å². The Kier molecular flexibility index (Phi) is 16.6. The van der Waals surface area contributed by atoms with Crippen molar-refractivity contribution in [3.8, 4) is 0 Å². The van der Waals surface area contributed by atoms with Crippen molar-refractivity contribution in [3.63, 3.8) is 0 Å². The highest BCUT2D eigenvalue weighted by Gasteiger charge is 2.40. The summed E-state index contributed by atoms with van der Waals surface area (Å²) in [6.07, 6.45) is 13.4. The molecule has 0 bridgehead atoms. The van der Waals surface area contributed by atoms with E-state index in [0.29, 0.717) is 19.8 Å². The number of rotatable bonds is 18. The fourth-order valence-electron chi connectivity index (χ4n) is 3.36. The lowest BCUT2D eigenvalue weighted by Crippen LogP contribution is -2.46. The van der Waals surface area contributed by atoms with E-state index in [1.165, 1.54) is 64.2 Å². The zero-order valence-electron chi connectivity index (χ0n) is 17.2. The summed E-state index contributed by atoms with van der Waals surface area (Å²) in [6.45, 7) is 12.8. The fourth-order valence-corrected chi connectivity index (χ4v) is 6.12. The van der Waals surface area contributed by atoms with E-state index < -0.39 is 8.80 Å². The molecule has 0 aromatic rings. The van der Waals surface area contributed by atoms with E-state index >= 15 is 0 Å². The van der Waals surface area contributed by atoms with E-state index in [-0.39, 0.29) is 0 Å². The van der Waals surface area contributed by atoms with Crippen LogP contribution in [0.25, 0.3) is 0 Å². The Morgan fingerprint density at radius 3 is 1.50 bits per heavy atom. The lowest BCUT2D eigenvalue weighted by atomic mass is 9.92. The second-order valence-corrected chi connectivity index (χ2v) is 9.46. The van der Waals surface area contributed by atoms with Crippen molar-refractivity contribution in [2.45, 2.75) is 105 Å². The molecule has 146 valence electrons. The van der Waals surface area contributed by atoms with E-state index in [1.54, 1.807) is 0 Å². The quantitative estimate of drug-likeness (QED) is 0.204. The van der Waals surface area contributed by atoms with E-state index in [9.17, 15) is 0 Å². The Balaban J connectivity index is 4.55. The normalized spacial score (nSPS) is 13.4. The molecule has 0 heterocycles. The minimum absolute atomic E-state index is 0.684. The highest BCUT2D eigenvalue weighted by molar-refractivity contribution is 6.60. The summed E-state index contributed by atoms with van der Waals surface area (Å²) in [5.41, 5.74) is 0. The maximum atomic E-state index is 6.02. The number of hydrogen-bond donors (Lipinski definition) is 0. The van der Waals surface area contributed by atoms with Gasteiger partial charge in [0.25, 0.3) is 0 Å². The highest BCUT2D eigenvalue weighted by atomic mass is 28.4. The summed E-state index contributed by atoms with van der Waals surface area (Å²) >= 11 is 0. The average Bonchev–Trinajstić information content (AvgIpc) is 2.57. The van der Waals surface area contributed by atoms with Gasteiger partial charge in [0.15, 0.2) is 0 Å². The fraction of sp³-hybridized carbons (Fsp3) is 1.00. The maximum Gasteiger partial charge on any atom is 0.500 e. The van der Waals surface area contributed by atoms with Crippen molar-refractivity contribution >= 4 is 8.80 Å². The third kappa shape index (κ3) is 11.6. The van der Waals surface area contributed by atoms with Gasteiger partial charge in [0.2, 0.25) is 0 Å². The summed E-state index contributed by atoms with van der Waals surface area (Å²) in [5.74, 6) is 0.807. The van der Waals surface area contributed by atoms with Gasteiger partial charge in [-0.15, -0.1) is 0 Å². The minimum Gasteiger partial charge on any atom is -0.374 e. The Morgan fingerprint density at radius 1 is 0.583 bits per heavy atom. The zero-order chi connectivity index (χ0) is 18.1. The molecule has 0 N–H and O–H groups in total. The molecule has 0 radical (unpaired) electrons. The van der Waals surface area contributed by atoms with Crippen LogP contribution >= 0.6 is 0 Å². The molecular formula is C20H44O3Si. The van der Waals surface area contributed by atoms with Gasteiger partial charge in [-0.05, 0) is 33.1 Å². The van der Waals surface area contributed by atoms with Crippen LogP contribution in [-0.4, -0.2) is 28.6 Å². The van der Waals surface area contributed by atoms with Crippen molar-refractivity contribution in [1.29, 1.82) is 0 Å². The van der Waals surface area contributed by atoms with Crippen LogP contribution in [0.2, 0.25) is 6.04 Å². The largest absolute Gasteiger partial charge is 0.500 e. The van der Waals surface area contributed by atoms with Crippen LogP contribution in [-0.2, 0) is 13.3 Å². The van der Waals surface area contributed by atoms with Crippen LogP contribution in [0.1, 0.15) is 98.8 Å². The summed E-state index contributed by atoms with van der Waals surface area (Å²) in [7, 11) is -2.46. The van der Waals surface area contributed by atoms with Crippen molar-refractivity contribution in [2.75, 3.05) is 19.8 Å². The molecule has 1 atom stereocenters. The molecule has 0 amide bonds. The van der Waals surface area contributed by atoms with Gasteiger partial charge in [-0.2, -0.15) is 0 Å². The maximum absolute atomic E-state index is 6.02. The molecule has 0 aliphatic rings. The third-order valence-electron chi connectivity index (χ3n) is 4.63. The van der Waals surface area contributed by atoms with Gasteiger partial charge in [-0.3, -0.25) is 0 Å². The monoisotopic (exact) mass is 360 g/mol. The number of hydrogen-bond acceptors (Lipinski definition) is 3. The molecule has 0 aromatic carbocycles. The Bertz CT molecular complexity index is 244. The van der Waals surface area contributed by atoms with E-state index in [4.69, 9.17) is 13.3 Å². The molecule has 0 aromatic heterocycles. The van der Waals surface area contributed by atoms with Gasteiger partial charge in [-0.25, -0.2) is 0 Å². The zero-order valence-corrected chi connectivity index (χ0v) is 18.2. The molecule has 0 saturated heterocycles. The summed E-state index contributed by atoms with van der Waals surface area (Å²) < 4.78 is 18.1. The second-order valence-electron chi connectivity index (χ2n) is 6.73. The smallest absolute Gasteiger partial charge is 0.374 e. The second kappa shape index (κ2) is 16.6. The highest BCUT2D eigenvalue weighted by Crippen LogP contribution is 2.28. The Morgan fingerprint density at radius 2 is 1.04 bits per heavy atom. The molecule has 0 aliphatic heterocycles. The first-order valence-corrected chi connectivity index (χ1v) is 12.5. The molecule has 0 rings (SSSR count). The van der Waals surface area contributed by atoms with Crippen LogP contribution < -0.4 is 0 Å².